The van der Waals surface area contributed by atoms with Crippen LogP contribution < -0.4 is 4.72 Å². The number of benzene rings is 2. The number of Topliss-reactive ketones (excluding diaryl/α,β-unsaturated/α-hetero) is 1. The molecule has 0 aliphatic carbocycles. The number of ketones is 1. The normalized spacial score (nSPS) is 12.0. The molecule has 0 spiro atoms. The lowest BCUT2D eigenvalue weighted by molar-refractivity contribution is -0.0885. The van der Waals surface area contributed by atoms with Gasteiger partial charge in [0.25, 0.3) is 15.8 Å². The lowest BCUT2D eigenvalue weighted by Crippen LogP contribution is -2.22. The van der Waals surface area contributed by atoms with Gasteiger partial charge in [0, 0.05) is 11.3 Å². The molecule has 0 aromatic heterocycles. The van der Waals surface area contributed by atoms with Gasteiger partial charge in [-0.3, -0.25) is 9.52 Å². The van der Waals surface area contributed by atoms with Crippen molar-refractivity contribution in [3.8, 4) is 0 Å². The van der Waals surface area contributed by atoms with E-state index in [4.69, 9.17) is 0 Å². The topological polar surface area (TPSA) is 63.2 Å². The van der Waals surface area contributed by atoms with Crippen LogP contribution in [0.25, 0.3) is 0 Å². The zero-order chi connectivity index (χ0) is 17.3. The van der Waals surface area contributed by atoms with Crippen molar-refractivity contribution in [3.05, 3.63) is 59.9 Å². The summed E-state index contributed by atoms with van der Waals surface area (Å²) in [6.45, 7) is 0. The van der Waals surface area contributed by atoms with Crippen molar-refractivity contribution in [2.75, 3.05) is 4.72 Å². The highest BCUT2D eigenvalue weighted by molar-refractivity contribution is 7.92. The Balaban J connectivity index is 2.21. The average Bonchev–Trinajstić information content (AvgIpc) is 2.46. The van der Waals surface area contributed by atoms with E-state index in [-0.39, 0.29) is 10.6 Å². The number of hydrogen-bond acceptors (Lipinski definition) is 3. The summed E-state index contributed by atoms with van der Waals surface area (Å²) in [5.41, 5.74) is -0.643. The van der Waals surface area contributed by atoms with Gasteiger partial charge in [0.15, 0.2) is 0 Å². The molecule has 2 rings (SSSR count). The predicted molar refractivity (Wildman–Crippen MR) is 74.0 cm³/mol. The lowest BCUT2D eigenvalue weighted by atomic mass is 10.1. The zero-order valence-electron chi connectivity index (χ0n) is 11.3. The Kier molecular flexibility index (Phi) is 4.42. The minimum Gasteiger partial charge on any atom is -0.284 e. The summed E-state index contributed by atoms with van der Waals surface area (Å²) in [4.78, 5) is 10.8. The van der Waals surface area contributed by atoms with Crippen molar-refractivity contribution in [1.82, 2.24) is 0 Å². The highest BCUT2D eigenvalue weighted by atomic mass is 32.2. The Morgan fingerprint density at radius 1 is 0.913 bits per heavy atom. The molecular formula is C14H9F4NO3S. The predicted octanol–water partition coefficient (Wildman–Crippen LogP) is 3.37. The van der Waals surface area contributed by atoms with E-state index in [2.05, 4.69) is 4.72 Å². The summed E-state index contributed by atoms with van der Waals surface area (Å²) in [7, 11) is -4.02. The fourth-order valence-corrected chi connectivity index (χ4v) is 2.74. The number of carbonyl (C=O) groups excluding carboxylic acids is 1. The number of carbonyl (C=O) groups is 1. The Bertz CT molecular complexity index is 813. The fraction of sp³-hybridized carbons (Fsp3) is 0.0714. The van der Waals surface area contributed by atoms with E-state index in [9.17, 15) is 30.8 Å². The van der Waals surface area contributed by atoms with Crippen LogP contribution in [0.1, 0.15) is 10.4 Å². The van der Waals surface area contributed by atoms with Crippen LogP contribution in [0, 0.1) is 5.82 Å². The second kappa shape index (κ2) is 5.99. The molecular weight excluding hydrogens is 338 g/mol. The molecule has 0 atom stereocenters. The van der Waals surface area contributed by atoms with Crippen molar-refractivity contribution in [1.29, 1.82) is 0 Å². The molecule has 23 heavy (non-hydrogen) atoms. The molecule has 4 nitrogen and oxygen atoms in total. The molecule has 0 fully saturated rings. The number of halogens is 4. The van der Waals surface area contributed by atoms with E-state index in [1.54, 1.807) is 0 Å². The third-order valence-electron chi connectivity index (χ3n) is 2.78. The second-order valence-electron chi connectivity index (χ2n) is 4.46. The van der Waals surface area contributed by atoms with Crippen molar-refractivity contribution in [3.63, 3.8) is 0 Å². The van der Waals surface area contributed by atoms with Gasteiger partial charge in [-0.05, 0) is 48.5 Å². The molecule has 2 aromatic rings. The molecule has 2 aromatic carbocycles. The van der Waals surface area contributed by atoms with E-state index >= 15 is 0 Å². The van der Waals surface area contributed by atoms with Crippen LogP contribution in [0.15, 0.2) is 53.4 Å². The van der Waals surface area contributed by atoms with Crippen molar-refractivity contribution < 1.29 is 30.8 Å². The Morgan fingerprint density at radius 2 is 1.43 bits per heavy atom. The maximum absolute atomic E-state index is 12.8. The molecule has 1 N–H and O–H groups in total. The molecule has 0 saturated carbocycles. The van der Waals surface area contributed by atoms with E-state index in [0.29, 0.717) is 0 Å². The van der Waals surface area contributed by atoms with Crippen LogP contribution in [-0.4, -0.2) is 20.4 Å². The summed E-state index contributed by atoms with van der Waals surface area (Å²) in [6, 6.07) is 7.77. The third-order valence-corrected chi connectivity index (χ3v) is 4.18. The molecule has 0 bridgehead atoms. The van der Waals surface area contributed by atoms with Gasteiger partial charge in [-0.15, -0.1) is 0 Å². The number of nitrogens with one attached hydrogen (secondary N) is 1. The molecule has 0 radical (unpaired) electrons. The maximum atomic E-state index is 12.8. The van der Waals surface area contributed by atoms with Gasteiger partial charge in [-0.1, -0.05) is 0 Å². The summed E-state index contributed by atoms with van der Waals surface area (Å²) in [5.74, 6) is -2.63. The van der Waals surface area contributed by atoms with Crippen LogP contribution >= 0.6 is 0 Å². The molecule has 0 aliphatic rings. The molecule has 9 heteroatoms. The average molecular weight is 347 g/mol. The highest BCUT2D eigenvalue weighted by Crippen LogP contribution is 2.23. The molecule has 0 heterocycles. The van der Waals surface area contributed by atoms with Crippen molar-refractivity contribution in [2.45, 2.75) is 11.1 Å². The number of rotatable bonds is 4. The van der Waals surface area contributed by atoms with E-state index in [1.165, 1.54) is 0 Å². The first-order chi connectivity index (χ1) is 10.6. The van der Waals surface area contributed by atoms with E-state index in [1.807, 2.05) is 0 Å². The second-order valence-corrected chi connectivity index (χ2v) is 6.15. The van der Waals surface area contributed by atoms with Crippen LogP contribution in [0.4, 0.5) is 23.2 Å². The lowest BCUT2D eigenvalue weighted by Gasteiger charge is -2.09. The smallest absolute Gasteiger partial charge is 0.284 e. The van der Waals surface area contributed by atoms with E-state index < -0.39 is 33.4 Å². The van der Waals surface area contributed by atoms with Gasteiger partial charge in [0.2, 0.25) is 0 Å². The summed E-state index contributed by atoms with van der Waals surface area (Å²) < 4.78 is 75.7. The van der Waals surface area contributed by atoms with Gasteiger partial charge in [0.05, 0.1) is 4.90 Å². The standard InChI is InChI=1S/C14H9F4NO3S/c15-10-3-7-12(8-4-10)23(21,22)19-11-5-1-9(2-6-11)13(20)14(16,17)18/h1-8,19H. The first-order valence-corrected chi connectivity index (χ1v) is 7.58. The number of anilines is 1. The van der Waals surface area contributed by atoms with Crippen LogP contribution in [-0.2, 0) is 10.0 Å². The Labute approximate surface area is 128 Å². The van der Waals surface area contributed by atoms with Gasteiger partial charge < -0.3 is 0 Å². The first kappa shape index (κ1) is 16.9. The quantitative estimate of drug-likeness (QED) is 0.681. The van der Waals surface area contributed by atoms with Gasteiger partial charge in [-0.2, -0.15) is 13.2 Å². The number of hydrogen-bond donors (Lipinski definition) is 1. The number of alkyl halides is 3. The highest BCUT2D eigenvalue weighted by Gasteiger charge is 2.39. The molecule has 0 unspecified atom stereocenters. The summed E-state index contributed by atoms with van der Waals surface area (Å²) >= 11 is 0. The summed E-state index contributed by atoms with van der Waals surface area (Å²) in [6.07, 6.45) is -5.00. The minimum absolute atomic E-state index is 0.0342. The van der Waals surface area contributed by atoms with Crippen molar-refractivity contribution in [2.24, 2.45) is 0 Å². The molecule has 0 amide bonds. The fourth-order valence-electron chi connectivity index (χ4n) is 1.68. The van der Waals surface area contributed by atoms with Crippen LogP contribution in [0.3, 0.4) is 0 Å². The Morgan fingerprint density at radius 3 is 1.91 bits per heavy atom. The first-order valence-electron chi connectivity index (χ1n) is 6.09. The number of sulfonamides is 1. The molecule has 0 saturated heterocycles. The van der Waals surface area contributed by atoms with Crippen LogP contribution in [0.2, 0.25) is 0 Å². The van der Waals surface area contributed by atoms with Crippen molar-refractivity contribution >= 4 is 21.5 Å². The van der Waals surface area contributed by atoms with Gasteiger partial charge >= 0.3 is 6.18 Å². The minimum atomic E-state index is -5.00. The zero-order valence-corrected chi connectivity index (χ0v) is 12.1. The molecule has 122 valence electrons. The van der Waals surface area contributed by atoms with Gasteiger partial charge in [0.1, 0.15) is 5.82 Å². The SMILES string of the molecule is O=C(c1ccc(NS(=O)(=O)c2ccc(F)cc2)cc1)C(F)(F)F. The Hall–Kier alpha value is -2.42. The van der Waals surface area contributed by atoms with Crippen LogP contribution in [0.5, 0.6) is 0 Å². The molecule has 0 aliphatic heterocycles. The van der Waals surface area contributed by atoms with E-state index in [0.717, 1.165) is 48.5 Å². The monoisotopic (exact) mass is 347 g/mol. The maximum Gasteiger partial charge on any atom is 0.454 e. The third kappa shape index (κ3) is 4.07. The summed E-state index contributed by atoms with van der Waals surface area (Å²) in [5, 5.41) is 0. The van der Waals surface area contributed by atoms with Gasteiger partial charge in [-0.25, -0.2) is 12.8 Å². The largest absolute Gasteiger partial charge is 0.454 e.